The molecule has 7 heteroatoms. The topological polar surface area (TPSA) is 79.3 Å². The minimum atomic E-state index is -0.109. The molecule has 7 nitrogen and oxygen atoms in total. The highest BCUT2D eigenvalue weighted by Crippen LogP contribution is 2.11. The molecule has 1 aliphatic rings. The maximum Gasteiger partial charge on any atom is 0.317 e. The van der Waals surface area contributed by atoms with Crippen LogP contribution in [0, 0.1) is 0 Å². The summed E-state index contributed by atoms with van der Waals surface area (Å²) in [6.07, 6.45) is 5.47. The minimum absolute atomic E-state index is 0.0397. The van der Waals surface area contributed by atoms with Gasteiger partial charge in [0.15, 0.2) is 0 Å². The van der Waals surface area contributed by atoms with Crippen LogP contribution in [0.5, 0.6) is 0 Å². The monoisotopic (exact) mass is 341 g/mol. The van der Waals surface area contributed by atoms with Crippen LogP contribution in [-0.2, 0) is 11.3 Å². The van der Waals surface area contributed by atoms with Crippen molar-refractivity contribution < 1.29 is 9.59 Å². The number of likely N-dealkylation sites (tertiary alicyclic amines) is 1. The van der Waals surface area contributed by atoms with Gasteiger partial charge in [-0.15, -0.1) is 0 Å². The SMILES string of the molecule is CC(=O)NC1CCCN(C(=O)NCc2cnn(-c3ccccc3)c2)C1. The van der Waals surface area contributed by atoms with Gasteiger partial charge in [-0.3, -0.25) is 4.79 Å². The Morgan fingerprint density at radius 1 is 1.28 bits per heavy atom. The Balaban J connectivity index is 1.52. The number of benzene rings is 1. The molecule has 2 heterocycles. The van der Waals surface area contributed by atoms with Gasteiger partial charge >= 0.3 is 6.03 Å². The summed E-state index contributed by atoms with van der Waals surface area (Å²) in [5.41, 5.74) is 1.92. The highest BCUT2D eigenvalue weighted by Gasteiger charge is 2.23. The quantitative estimate of drug-likeness (QED) is 0.888. The lowest BCUT2D eigenvalue weighted by atomic mass is 10.1. The number of urea groups is 1. The van der Waals surface area contributed by atoms with E-state index < -0.39 is 0 Å². The normalized spacial score (nSPS) is 17.2. The number of carbonyl (C=O) groups is 2. The third-order valence-electron chi connectivity index (χ3n) is 4.22. The van der Waals surface area contributed by atoms with Crippen molar-refractivity contribution in [2.75, 3.05) is 13.1 Å². The smallest absolute Gasteiger partial charge is 0.317 e. The van der Waals surface area contributed by atoms with Gasteiger partial charge in [0.1, 0.15) is 0 Å². The van der Waals surface area contributed by atoms with Gasteiger partial charge in [-0.05, 0) is 25.0 Å². The summed E-state index contributed by atoms with van der Waals surface area (Å²) in [6.45, 7) is 3.19. The highest BCUT2D eigenvalue weighted by atomic mass is 16.2. The first-order chi connectivity index (χ1) is 12.1. The van der Waals surface area contributed by atoms with Crippen molar-refractivity contribution in [1.82, 2.24) is 25.3 Å². The second-order valence-corrected chi connectivity index (χ2v) is 6.27. The Hall–Kier alpha value is -2.83. The van der Waals surface area contributed by atoms with Crippen LogP contribution in [0.25, 0.3) is 5.69 Å². The van der Waals surface area contributed by atoms with E-state index >= 15 is 0 Å². The third-order valence-corrected chi connectivity index (χ3v) is 4.22. The number of amides is 3. The first kappa shape index (κ1) is 17.0. The first-order valence-electron chi connectivity index (χ1n) is 8.50. The number of rotatable bonds is 4. The number of aromatic nitrogens is 2. The van der Waals surface area contributed by atoms with Crippen LogP contribution in [-0.4, -0.2) is 45.8 Å². The molecule has 0 saturated carbocycles. The maximum absolute atomic E-state index is 12.4. The molecule has 0 bridgehead atoms. The van der Waals surface area contributed by atoms with Gasteiger partial charge in [0.2, 0.25) is 5.91 Å². The molecular formula is C18H23N5O2. The van der Waals surface area contributed by atoms with Crippen LogP contribution in [0.15, 0.2) is 42.7 Å². The van der Waals surface area contributed by atoms with E-state index in [0.717, 1.165) is 24.1 Å². The second kappa shape index (κ2) is 7.83. The Bertz CT molecular complexity index is 728. The number of nitrogens with one attached hydrogen (secondary N) is 2. The van der Waals surface area contributed by atoms with Gasteiger partial charge in [0.05, 0.1) is 11.9 Å². The molecule has 3 amide bonds. The van der Waals surface area contributed by atoms with E-state index in [1.54, 1.807) is 15.8 Å². The van der Waals surface area contributed by atoms with Crippen LogP contribution in [0.2, 0.25) is 0 Å². The predicted molar refractivity (Wildman–Crippen MR) is 94.2 cm³/mol. The number of carbonyl (C=O) groups excluding carboxylic acids is 2. The third kappa shape index (κ3) is 4.59. The second-order valence-electron chi connectivity index (χ2n) is 6.27. The van der Waals surface area contributed by atoms with Gasteiger partial charge in [-0.1, -0.05) is 18.2 Å². The molecule has 1 aliphatic heterocycles. The molecule has 1 atom stereocenters. The average Bonchev–Trinajstić information content (AvgIpc) is 3.09. The van der Waals surface area contributed by atoms with Crippen LogP contribution < -0.4 is 10.6 Å². The summed E-state index contributed by atoms with van der Waals surface area (Å²) in [6, 6.07) is 9.76. The Morgan fingerprint density at radius 2 is 2.08 bits per heavy atom. The van der Waals surface area contributed by atoms with Gasteiger partial charge in [0.25, 0.3) is 0 Å². The van der Waals surface area contributed by atoms with E-state index in [1.165, 1.54) is 6.92 Å². The summed E-state index contributed by atoms with van der Waals surface area (Å²) in [7, 11) is 0. The Labute approximate surface area is 147 Å². The standard InChI is InChI=1S/C18H23N5O2/c1-14(24)21-16-6-5-9-22(13-16)18(25)19-10-15-11-20-23(12-15)17-7-3-2-4-8-17/h2-4,7-8,11-12,16H,5-6,9-10,13H2,1H3,(H,19,25)(H,21,24). The predicted octanol–water partition coefficient (Wildman–Crippen LogP) is 1.68. The van der Waals surface area contributed by atoms with Crippen LogP contribution in [0.3, 0.4) is 0 Å². The van der Waals surface area contributed by atoms with E-state index in [1.807, 2.05) is 36.5 Å². The van der Waals surface area contributed by atoms with E-state index in [-0.39, 0.29) is 18.0 Å². The molecule has 0 radical (unpaired) electrons. The van der Waals surface area contributed by atoms with Crippen molar-refractivity contribution in [1.29, 1.82) is 0 Å². The fraction of sp³-hybridized carbons (Fsp3) is 0.389. The van der Waals surface area contributed by atoms with Gasteiger partial charge in [0, 0.05) is 44.4 Å². The first-order valence-corrected chi connectivity index (χ1v) is 8.50. The molecule has 132 valence electrons. The van der Waals surface area contributed by atoms with E-state index in [2.05, 4.69) is 15.7 Å². The molecule has 25 heavy (non-hydrogen) atoms. The van der Waals surface area contributed by atoms with Crippen LogP contribution in [0.1, 0.15) is 25.3 Å². The van der Waals surface area contributed by atoms with Crippen molar-refractivity contribution in [2.45, 2.75) is 32.4 Å². The van der Waals surface area contributed by atoms with Crippen LogP contribution >= 0.6 is 0 Å². The maximum atomic E-state index is 12.4. The summed E-state index contributed by atoms with van der Waals surface area (Å²) >= 11 is 0. The molecule has 1 unspecified atom stereocenters. The molecule has 1 saturated heterocycles. The Morgan fingerprint density at radius 3 is 2.84 bits per heavy atom. The fourth-order valence-electron chi connectivity index (χ4n) is 3.03. The average molecular weight is 341 g/mol. The molecule has 2 N–H and O–H groups in total. The lowest BCUT2D eigenvalue weighted by Crippen LogP contribution is -2.51. The molecule has 0 spiro atoms. The number of para-hydroxylation sites is 1. The number of hydrogen-bond donors (Lipinski definition) is 2. The highest BCUT2D eigenvalue weighted by molar-refractivity contribution is 5.75. The van der Waals surface area contributed by atoms with E-state index in [0.29, 0.717) is 19.6 Å². The van der Waals surface area contributed by atoms with Crippen molar-refractivity contribution in [2.24, 2.45) is 0 Å². The van der Waals surface area contributed by atoms with Crippen molar-refractivity contribution in [3.8, 4) is 5.69 Å². The van der Waals surface area contributed by atoms with E-state index in [9.17, 15) is 9.59 Å². The van der Waals surface area contributed by atoms with Gasteiger partial charge < -0.3 is 15.5 Å². The molecule has 1 fully saturated rings. The molecule has 1 aromatic heterocycles. The Kier molecular flexibility index (Phi) is 5.33. The largest absolute Gasteiger partial charge is 0.352 e. The van der Waals surface area contributed by atoms with Crippen LogP contribution in [0.4, 0.5) is 4.79 Å². The van der Waals surface area contributed by atoms with Crippen molar-refractivity contribution in [3.63, 3.8) is 0 Å². The van der Waals surface area contributed by atoms with E-state index in [4.69, 9.17) is 0 Å². The molecule has 3 rings (SSSR count). The van der Waals surface area contributed by atoms with Crippen molar-refractivity contribution >= 4 is 11.9 Å². The molecule has 1 aromatic carbocycles. The van der Waals surface area contributed by atoms with Gasteiger partial charge in [-0.25, -0.2) is 9.48 Å². The number of piperidine rings is 1. The van der Waals surface area contributed by atoms with Gasteiger partial charge in [-0.2, -0.15) is 5.10 Å². The number of hydrogen-bond acceptors (Lipinski definition) is 3. The molecular weight excluding hydrogens is 318 g/mol. The van der Waals surface area contributed by atoms with Crippen molar-refractivity contribution in [3.05, 3.63) is 48.3 Å². The zero-order chi connectivity index (χ0) is 17.6. The summed E-state index contributed by atoms with van der Waals surface area (Å²) in [4.78, 5) is 25.3. The zero-order valence-electron chi connectivity index (χ0n) is 14.3. The fourth-order valence-corrected chi connectivity index (χ4v) is 3.03. The lowest BCUT2D eigenvalue weighted by molar-refractivity contribution is -0.119. The summed E-state index contributed by atoms with van der Waals surface area (Å²) < 4.78 is 1.79. The number of nitrogens with zero attached hydrogens (tertiary/aromatic N) is 3. The zero-order valence-corrected chi connectivity index (χ0v) is 14.3. The molecule has 2 aromatic rings. The summed E-state index contributed by atoms with van der Waals surface area (Å²) in [5, 5.41) is 10.1. The minimum Gasteiger partial charge on any atom is -0.352 e. The summed E-state index contributed by atoms with van der Waals surface area (Å²) in [5.74, 6) is -0.0550. The molecule has 0 aliphatic carbocycles. The lowest BCUT2D eigenvalue weighted by Gasteiger charge is -2.32.